The molecule has 6 nitrogen and oxygen atoms in total. The van der Waals surface area contributed by atoms with Crippen LogP contribution in [0.15, 0.2) is 4.99 Å². The van der Waals surface area contributed by atoms with E-state index < -0.39 is 16.7 Å². The van der Waals surface area contributed by atoms with Crippen molar-refractivity contribution >= 4 is 11.5 Å². The van der Waals surface area contributed by atoms with Gasteiger partial charge in [0.1, 0.15) is 0 Å². The smallest absolute Gasteiger partial charge is 0.307 e. The van der Waals surface area contributed by atoms with E-state index in [1.165, 1.54) is 0 Å². The van der Waals surface area contributed by atoms with Crippen LogP contribution in [0, 0.1) is 15.5 Å². The Labute approximate surface area is 93.5 Å². The van der Waals surface area contributed by atoms with Crippen LogP contribution in [0.2, 0.25) is 0 Å². The van der Waals surface area contributed by atoms with E-state index >= 15 is 0 Å². The molecule has 0 heterocycles. The van der Waals surface area contributed by atoms with Gasteiger partial charge >= 0.3 is 6.04 Å². The van der Waals surface area contributed by atoms with Crippen molar-refractivity contribution in [3.05, 3.63) is 10.1 Å². The fraction of sp³-hybridized carbons (Fsp3) is 0.800. The Morgan fingerprint density at radius 3 is 2.69 bits per heavy atom. The van der Waals surface area contributed by atoms with Crippen molar-refractivity contribution in [1.29, 1.82) is 0 Å². The SMILES string of the molecule is CC1(C)CC(=O)C([N+](=O)[O-])C(=NCCO)C1. The Hall–Kier alpha value is -1.30. The van der Waals surface area contributed by atoms with Gasteiger partial charge in [0.2, 0.25) is 5.78 Å². The summed E-state index contributed by atoms with van der Waals surface area (Å²) in [7, 11) is 0. The molecule has 0 aliphatic heterocycles. The highest BCUT2D eigenvalue weighted by atomic mass is 16.6. The number of carbonyl (C=O) groups is 1. The van der Waals surface area contributed by atoms with E-state index in [9.17, 15) is 14.9 Å². The summed E-state index contributed by atoms with van der Waals surface area (Å²) in [5.74, 6) is -0.391. The number of nitrogens with zero attached hydrogens (tertiary/aromatic N) is 2. The van der Waals surface area contributed by atoms with E-state index in [4.69, 9.17) is 5.11 Å². The summed E-state index contributed by atoms with van der Waals surface area (Å²) in [5.41, 5.74) is 0.0121. The molecule has 16 heavy (non-hydrogen) atoms. The van der Waals surface area contributed by atoms with Crippen molar-refractivity contribution in [2.75, 3.05) is 13.2 Å². The minimum Gasteiger partial charge on any atom is -0.394 e. The standard InChI is InChI=1S/C10H16N2O4/c1-10(2)5-7(11-3-4-13)9(12(15)16)8(14)6-10/h9,13H,3-6H2,1-2H3. The first kappa shape index (κ1) is 12.8. The van der Waals surface area contributed by atoms with Gasteiger partial charge in [-0.2, -0.15) is 0 Å². The van der Waals surface area contributed by atoms with Crippen LogP contribution in [-0.4, -0.2) is 40.7 Å². The molecule has 0 bridgehead atoms. The van der Waals surface area contributed by atoms with E-state index in [0.29, 0.717) is 12.1 Å². The van der Waals surface area contributed by atoms with Crippen LogP contribution in [0.4, 0.5) is 0 Å². The van der Waals surface area contributed by atoms with Gasteiger partial charge in [-0.25, -0.2) is 0 Å². The molecule has 0 aromatic carbocycles. The minimum atomic E-state index is -1.31. The molecule has 1 aliphatic carbocycles. The predicted octanol–water partition coefficient (Wildman–Crippen LogP) is 0.454. The lowest BCUT2D eigenvalue weighted by atomic mass is 9.74. The zero-order valence-electron chi connectivity index (χ0n) is 9.47. The fourth-order valence-electron chi connectivity index (χ4n) is 1.98. The van der Waals surface area contributed by atoms with E-state index in [1.807, 2.05) is 13.8 Å². The first-order valence-corrected chi connectivity index (χ1v) is 5.18. The zero-order valence-corrected chi connectivity index (χ0v) is 9.47. The number of ketones is 1. The van der Waals surface area contributed by atoms with Gasteiger partial charge < -0.3 is 5.11 Å². The number of aliphatic imine (C=N–C) groups is 1. The summed E-state index contributed by atoms with van der Waals surface area (Å²) in [6.45, 7) is 3.72. The van der Waals surface area contributed by atoms with E-state index in [0.717, 1.165) is 0 Å². The molecule has 1 N–H and O–H groups in total. The van der Waals surface area contributed by atoms with Crippen molar-refractivity contribution in [2.45, 2.75) is 32.7 Å². The number of aliphatic hydroxyl groups excluding tert-OH is 1. The van der Waals surface area contributed by atoms with Crippen molar-refractivity contribution in [3.63, 3.8) is 0 Å². The predicted molar refractivity (Wildman–Crippen MR) is 58.2 cm³/mol. The van der Waals surface area contributed by atoms with E-state index in [1.54, 1.807) is 0 Å². The second kappa shape index (κ2) is 4.69. The second-order valence-electron chi connectivity index (χ2n) is 4.77. The number of nitro groups is 1. The summed E-state index contributed by atoms with van der Waals surface area (Å²) in [4.78, 5) is 25.8. The third-order valence-corrected chi connectivity index (χ3v) is 2.56. The van der Waals surface area contributed by atoms with Crippen LogP contribution in [0.1, 0.15) is 26.7 Å². The molecule has 90 valence electrons. The lowest BCUT2D eigenvalue weighted by molar-refractivity contribution is -0.490. The first-order chi connectivity index (χ1) is 7.37. The van der Waals surface area contributed by atoms with Crippen molar-refractivity contribution in [1.82, 2.24) is 0 Å². The zero-order chi connectivity index (χ0) is 12.3. The molecule has 1 aliphatic rings. The highest BCUT2D eigenvalue weighted by molar-refractivity contribution is 6.10. The van der Waals surface area contributed by atoms with Gasteiger partial charge in [0.15, 0.2) is 0 Å². The number of rotatable bonds is 3. The Kier molecular flexibility index (Phi) is 3.74. The molecule has 0 spiro atoms. The maximum Gasteiger partial charge on any atom is 0.307 e. The Balaban J connectivity index is 2.97. The van der Waals surface area contributed by atoms with Crippen LogP contribution in [0.3, 0.4) is 0 Å². The van der Waals surface area contributed by atoms with Crippen LogP contribution >= 0.6 is 0 Å². The molecule has 1 fully saturated rings. The molecule has 1 rings (SSSR count). The Morgan fingerprint density at radius 2 is 2.19 bits per heavy atom. The van der Waals surface area contributed by atoms with Crippen LogP contribution in [-0.2, 0) is 4.79 Å². The molecule has 0 radical (unpaired) electrons. The normalized spacial score (nSPS) is 27.1. The van der Waals surface area contributed by atoms with E-state index in [-0.39, 0.29) is 25.0 Å². The maximum absolute atomic E-state index is 11.6. The summed E-state index contributed by atoms with van der Waals surface area (Å²) in [6, 6.07) is -1.31. The van der Waals surface area contributed by atoms with Gasteiger partial charge in [0, 0.05) is 11.3 Å². The summed E-state index contributed by atoms with van der Waals surface area (Å²) >= 11 is 0. The lowest BCUT2D eigenvalue weighted by Gasteiger charge is -2.30. The number of aliphatic hydroxyl groups is 1. The molecular formula is C10H16N2O4. The highest BCUT2D eigenvalue weighted by Gasteiger charge is 2.44. The number of Topliss-reactive ketones (excluding diaryl/α,β-unsaturated/α-hetero) is 1. The Morgan fingerprint density at radius 1 is 1.56 bits per heavy atom. The third-order valence-electron chi connectivity index (χ3n) is 2.56. The average molecular weight is 228 g/mol. The van der Waals surface area contributed by atoms with Gasteiger partial charge in [-0.15, -0.1) is 0 Å². The van der Waals surface area contributed by atoms with Gasteiger partial charge in [0.25, 0.3) is 0 Å². The molecule has 6 heteroatoms. The van der Waals surface area contributed by atoms with Gasteiger partial charge in [-0.1, -0.05) is 13.8 Å². The van der Waals surface area contributed by atoms with Crippen molar-refractivity contribution in [2.24, 2.45) is 10.4 Å². The topological polar surface area (TPSA) is 92.8 Å². The first-order valence-electron chi connectivity index (χ1n) is 5.18. The number of hydrogen-bond acceptors (Lipinski definition) is 5. The van der Waals surface area contributed by atoms with Crippen molar-refractivity contribution < 1.29 is 14.8 Å². The van der Waals surface area contributed by atoms with Crippen LogP contribution in [0.25, 0.3) is 0 Å². The summed E-state index contributed by atoms with van der Waals surface area (Å²) in [6.07, 6.45) is 0.640. The molecule has 0 amide bonds. The lowest BCUT2D eigenvalue weighted by Crippen LogP contribution is -2.46. The highest BCUT2D eigenvalue weighted by Crippen LogP contribution is 2.32. The average Bonchev–Trinajstić information content (AvgIpc) is 2.10. The molecule has 1 atom stereocenters. The molecule has 1 unspecified atom stereocenters. The Bertz CT molecular complexity index is 336. The largest absolute Gasteiger partial charge is 0.394 e. The third kappa shape index (κ3) is 2.85. The monoisotopic (exact) mass is 228 g/mol. The minimum absolute atomic E-state index is 0.114. The summed E-state index contributed by atoms with van der Waals surface area (Å²) < 4.78 is 0. The molecule has 0 saturated heterocycles. The number of hydrogen-bond donors (Lipinski definition) is 1. The summed E-state index contributed by atoms with van der Waals surface area (Å²) in [5, 5.41) is 19.4. The van der Waals surface area contributed by atoms with Gasteiger partial charge in [-0.3, -0.25) is 19.9 Å². The second-order valence-corrected chi connectivity index (χ2v) is 4.77. The van der Waals surface area contributed by atoms with E-state index in [2.05, 4.69) is 4.99 Å². The fourth-order valence-corrected chi connectivity index (χ4v) is 1.98. The molecule has 0 aromatic rings. The number of carbonyl (C=O) groups excluding carboxylic acids is 1. The van der Waals surface area contributed by atoms with Crippen LogP contribution in [0.5, 0.6) is 0 Å². The molecular weight excluding hydrogens is 212 g/mol. The maximum atomic E-state index is 11.6. The van der Waals surface area contributed by atoms with Gasteiger partial charge in [-0.05, 0) is 11.8 Å². The van der Waals surface area contributed by atoms with Crippen molar-refractivity contribution in [3.8, 4) is 0 Å². The van der Waals surface area contributed by atoms with Crippen LogP contribution < -0.4 is 0 Å². The molecule has 1 saturated carbocycles. The quantitative estimate of drug-likeness (QED) is 0.560. The van der Waals surface area contributed by atoms with Gasteiger partial charge in [0.05, 0.1) is 18.9 Å². The molecule has 0 aromatic heterocycles.